The summed E-state index contributed by atoms with van der Waals surface area (Å²) in [5, 5.41) is 3.04. The molecule has 0 unspecified atom stereocenters. The van der Waals surface area contributed by atoms with Crippen molar-refractivity contribution in [3.8, 4) is 0 Å². The zero-order valence-electron chi connectivity index (χ0n) is 19.0. The number of carbonyl (C=O) groups excluding carboxylic acids is 3. The summed E-state index contributed by atoms with van der Waals surface area (Å²) in [4.78, 5) is 43.1. The van der Waals surface area contributed by atoms with Crippen molar-refractivity contribution in [3.63, 3.8) is 0 Å². The summed E-state index contributed by atoms with van der Waals surface area (Å²) in [7, 11) is 0. The lowest BCUT2D eigenvalue weighted by Crippen LogP contribution is -2.38. The molecular weight excluding hydrogens is 436 g/mol. The molecule has 9 nitrogen and oxygen atoms in total. The maximum atomic E-state index is 13.2. The summed E-state index contributed by atoms with van der Waals surface area (Å²) in [5.74, 6) is -0.777. The van der Waals surface area contributed by atoms with Crippen LogP contribution in [0.25, 0.3) is 0 Å². The minimum atomic E-state index is -0.297. The number of amides is 3. The van der Waals surface area contributed by atoms with Gasteiger partial charge in [0, 0.05) is 50.3 Å². The highest BCUT2D eigenvalue weighted by Crippen LogP contribution is 2.33. The van der Waals surface area contributed by atoms with E-state index in [1.54, 1.807) is 24.3 Å². The number of rotatable bonds is 5. The number of morpholine rings is 2. The van der Waals surface area contributed by atoms with Gasteiger partial charge in [0.15, 0.2) is 0 Å². The molecule has 2 aromatic rings. The van der Waals surface area contributed by atoms with Crippen LogP contribution < -0.4 is 20.0 Å². The van der Waals surface area contributed by atoms with E-state index in [9.17, 15) is 14.4 Å². The lowest BCUT2D eigenvalue weighted by Gasteiger charge is -2.33. The second-order valence-electron chi connectivity index (χ2n) is 8.53. The highest BCUT2D eigenvalue weighted by atomic mass is 16.5. The second kappa shape index (κ2) is 9.82. The van der Waals surface area contributed by atoms with E-state index in [1.165, 1.54) is 0 Å². The van der Waals surface area contributed by atoms with Crippen molar-refractivity contribution >= 4 is 40.5 Å². The second-order valence-corrected chi connectivity index (χ2v) is 8.53. The number of hydrogen-bond acceptors (Lipinski definition) is 7. The Morgan fingerprint density at radius 3 is 2.09 bits per heavy atom. The van der Waals surface area contributed by atoms with Crippen LogP contribution in [0.5, 0.6) is 0 Å². The van der Waals surface area contributed by atoms with Crippen molar-refractivity contribution in [3.05, 3.63) is 48.0 Å². The highest BCUT2D eigenvalue weighted by molar-refractivity contribution is 6.20. The van der Waals surface area contributed by atoms with E-state index < -0.39 is 0 Å². The number of imide groups is 1. The van der Waals surface area contributed by atoms with E-state index in [1.807, 2.05) is 12.1 Å². The molecule has 3 aliphatic rings. The zero-order chi connectivity index (χ0) is 23.5. The molecule has 0 atom stereocenters. The summed E-state index contributed by atoms with van der Waals surface area (Å²) in [6, 6.07) is 12.7. The Kier molecular flexibility index (Phi) is 6.46. The summed E-state index contributed by atoms with van der Waals surface area (Å²) in [6.45, 7) is 5.80. The number of nitrogens with zero attached hydrogens (tertiary/aromatic N) is 3. The molecule has 0 bridgehead atoms. The average Bonchev–Trinajstić information content (AvgIpc) is 3.23. The van der Waals surface area contributed by atoms with Gasteiger partial charge in [-0.2, -0.15) is 0 Å². The first kappa shape index (κ1) is 22.4. The minimum Gasteiger partial charge on any atom is -0.378 e. The van der Waals surface area contributed by atoms with Crippen LogP contribution in [0.15, 0.2) is 42.5 Å². The van der Waals surface area contributed by atoms with Crippen LogP contribution in [0.3, 0.4) is 0 Å². The van der Waals surface area contributed by atoms with Gasteiger partial charge >= 0.3 is 0 Å². The van der Waals surface area contributed by atoms with Gasteiger partial charge in [-0.1, -0.05) is 6.07 Å². The zero-order valence-corrected chi connectivity index (χ0v) is 19.0. The Bertz CT molecular complexity index is 1080. The van der Waals surface area contributed by atoms with E-state index in [4.69, 9.17) is 9.47 Å². The molecule has 9 heteroatoms. The Morgan fingerprint density at radius 1 is 0.765 bits per heavy atom. The first-order chi connectivity index (χ1) is 16.6. The van der Waals surface area contributed by atoms with E-state index in [-0.39, 0.29) is 30.6 Å². The van der Waals surface area contributed by atoms with Crippen LogP contribution in [-0.2, 0) is 19.1 Å². The van der Waals surface area contributed by atoms with Crippen LogP contribution in [0.1, 0.15) is 23.2 Å². The number of benzene rings is 2. The number of hydrogen-bond donors (Lipinski definition) is 1. The quantitative estimate of drug-likeness (QED) is 0.679. The van der Waals surface area contributed by atoms with Gasteiger partial charge in [-0.05, 0) is 36.4 Å². The number of carbonyl (C=O) groups is 3. The number of nitrogens with one attached hydrogen (secondary N) is 1. The standard InChI is InChI=1S/C25H28N4O5/c30-23-6-7-24(31)29(23)20-3-1-2-18(16-20)25(32)26-21-5-4-19(27-8-12-33-13-9-27)17-22(21)28-10-14-34-15-11-28/h1-5,16-17H,6-15H2,(H,26,32). The van der Waals surface area contributed by atoms with E-state index in [0.29, 0.717) is 43.4 Å². The molecule has 3 saturated heterocycles. The van der Waals surface area contributed by atoms with Gasteiger partial charge < -0.3 is 24.6 Å². The first-order valence-corrected chi connectivity index (χ1v) is 11.7. The Hall–Kier alpha value is -3.43. The Labute approximate surface area is 198 Å². The Balaban J connectivity index is 1.41. The molecule has 0 aliphatic carbocycles. The topological polar surface area (TPSA) is 91.4 Å². The van der Waals surface area contributed by atoms with E-state index in [2.05, 4.69) is 21.2 Å². The third-order valence-electron chi connectivity index (χ3n) is 6.38. The maximum absolute atomic E-state index is 13.2. The monoisotopic (exact) mass is 464 g/mol. The van der Waals surface area contributed by atoms with Crippen molar-refractivity contribution in [1.82, 2.24) is 0 Å². The van der Waals surface area contributed by atoms with Gasteiger partial charge in [-0.15, -0.1) is 0 Å². The molecule has 0 radical (unpaired) electrons. The maximum Gasteiger partial charge on any atom is 0.255 e. The third kappa shape index (κ3) is 4.62. The van der Waals surface area contributed by atoms with Crippen LogP contribution in [0.2, 0.25) is 0 Å². The molecule has 0 saturated carbocycles. The van der Waals surface area contributed by atoms with Gasteiger partial charge in [-0.25, -0.2) is 0 Å². The molecule has 0 spiro atoms. The molecule has 3 heterocycles. The molecule has 0 aromatic heterocycles. The fourth-order valence-electron chi connectivity index (χ4n) is 4.56. The molecule has 1 N–H and O–H groups in total. The van der Waals surface area contributed by atoms with Crippen molar-refractivity contribution in [2.24, 2.45) is 0 Å². The van der Waals surface area contributed by atoms with Crippen LogP contribution in [0, 0.1) is 0 Å². The van der Waals surface area contributed by atoms with Crippen LogP contribution >= 0.6 is 0 Å². The van der Waals surface area contributed by atoms with Crippen molar-refractivity contribution in [2.45, 2.75) is 12.8 Å². The fourth-order valence-corrected chi connectivity index (χ4v) is 4.56. The summed E-state index contributed by atoms with van der Waals surface area (Å²) in [6.07, 6.45) is 0.404. The smallest absolute Gasteiger partial charge is 0.255 e. The summed E-state index contributed by atoms with van der Waals surface area (Å²) in [5.41, 5.74) is 3.56. The van der Waals surface area contributed by atoms with E-state index in [0.717, 1.165) is 42.5 Å². The molecule has 34 heavy (non-hydrogen) atoms. The predicted octanol–water partition coefficient (Wildman–Crippen LogP) is 2.27. The van der Waals surface area contributed by atoms with Gasteiger partial charge in [0.1, 0.15) is 0 Å². The Morgan fingerprint density at radius 2 is 1.41 bits per heavy atom. The van der Waals surface area contributed by atoms with Crippen LogP contribution in [0.4, 0.5) is 22.7 Å². The van der Waals surface area contributed by atoms with Crippen molar-refractivity contribution in [1.29, 1.82) is 0 Å². The highest BCUT2D eigenvalue weighted by Gasteiger charge is 2.30. The molecule has 2 aromatic carbocycles. The largest absolute Gasteiger partial charge is 0.378 e. The molecule has 3 aliphatic heterocycles. The summed E-state index contributed by atoms with van der Waals surface area (Å²) < 4.78 is 11.0. The SMILES string of the molecule is O=C(Nc1ccc(N2CCOCC2)cc1N1CCOCC1)c1cccc(N2C(=O)CCC2=O)c1. The molecule has 3 fully saturated rings. The molecule has 178 valence electrons. The van der Waals surface area contributed by atoms with Gasteiger partial charge in [0.25, 0.3) is 5.91 Å². The fraction of sp³-hybridized carbons (Fsp3) is 0.400. The number of ether oxygens (including phenoxy) is 2. The van der Waals surface area contributed by atoms with Crippen molar-refractivity contribution < 1.29 is 23.9 Å². The lowest BCUT2D eigenvalue weighted by atomic mass is 10.1. The van der Waals surface area contributed by atoms with Gasteiger partial charge in [0.2, 0.25) is 11.8 Å². The average molecular weight is 465 g/mol. The molecular formula is C25H28N4O5. The number of anilines is 4. The molecule has 3 amide bonds. The van der Waals surface area contributed by atoms with E-state index >= 15 is 0 Å². The van der Waals surface area contributed by atoms with Gasteiger partial charge in [-0.3, -0.25) is 19.3 Å². The third-order valence-corrected chi connectivity index (χ3v) is 6.38. The van der Waals surface area contributed by atoms with Crippen LogP contribution in [-0.4, -0.2) is 70.3 Å². The van der Waals surface area contributed by atoms with Crippen molar-refractivity contribution in [2.75, 3.05) is 72.6 Å². The first-order valence-electron chi connectivity index (χ1n) is 11.7. The normalized spacial score (nSPS) is 19.0. The molecule has 5 rings (SSSR count). The summed E-state index contributed by atoms with van der Waals surface area (Å²) >= 11 is 0. The lowest BCUT2D eigenvalue weighted by molar-refractivity contribution is -0.121. The van der Waals surface area contributed by atoms with Gasteiger partial charge in [0.05, 0.1) is 43.5 Å². The minimum absolute atomic E-state index is 0.202. The predicted molar refractivity (Wildman–Crippen MR) is 129 cm³/mol.